The van der Waals surface area contributed by atoms with Crippen LogP contribution in [0.2, 0.25) is 0 Å². The molecule has 3 heterocycles. The van der Waals surface area contributed by atoms with Crippen molar-refractivity contribution in [1.29, 1.82) is 0 Å². The average molecular weight is 446 g/mol. The number of carbonyl (C=O) groups is 1. The molecule has 1 saturated heterocycles. The highest BCUT2D eigenvalue weighted by molar-refractivity contribution is 5.96. The fourth-order valence-corrected chi connectivity index (χ4v) is 3.98. The molecule has 0 saturated carbocycles. The first-order chi connectivity index (χ1) is 16.0. The molecule has 0 radical (unpaired) electrons. The number of morpholine rings is 1. The summed E-state index contributed by atoms with van der Waals surface area (Å²) in [5.74, 6) is -0.682. The number of aromatic amines is 2. The van der Waals surface area contributed by atoms with Crippen molar-refractivity contribution in [3.8, 4) is 0 Å². The van der Waals surface area contributed by atoms with Crippen LogP contribution in [-0.4, -0.2) is 38.8 Å². The molecule has 2 atom stereocenters. The number of amides is 1. The summed E-state index contributed by atoms with van der Waals surface area (Å²) in [5, 5.41) is 0.114. The zero-order chi connectivity index (χ0) is 22.9. The van der Waals surface area contributed by atoms with Crippen molar-refractivity contribution >= 4 is 16.9 Å². The molecule has 166 valence electrons. The highest BCUT2D eigenvalue weighted by Gasteiger charge is 2.33. The number of H-pyrrole nitrogens is 2. The summed E-state index contributed by atoms with van der Waals surface area (Å²) in [6.45, 7) is 0.536. The van der Waals surface area contributed by atoms with Gasteiger partial charge in [0, 0.05) is 6.20 Å². The second kappa shape index (κ2) is 8.44. The minimum absolute atomic E-state index is 0.105. The lowest BCUT2D eigenvalue weighted by Gasteiger charge is -2.38. The molecule has 2 aromatic heterocycles. The zero-order valence-electron chi connectivity index (χ0n) is 17.3. The molecule has 5 rings (SSSR count). The predicted molar refractivity (Wildman–Crippen MR) is 118 cm³/mol. The minimum atomic E-state index is -0.667. The Balaban J connectivity index is 1.50. The van der Waals surface area contributed by atoms with E-state index >= 15 is 0 Å². The average Bonchev–Trinajstić information content (AvgIpc) is 2.84. The van der Waals surface area contributed by atoms with Crippen LogP contribution in [0.4, 0.5) is 4.39 Å². The molecule has 9 heteroatoms. The van der Waals surface area contributed by atoms with E-state index in [1.807, 2.05) is 30.3 Å². The molecule has 2 unspecified atom stereocenters. The van der Waals surface area contributed by atoms with Crippen molar-refractivity contribution in [2.45, 2.75) is 12.2 Å². The third-order valence-corrected chi connectivity index (χ3v) is 5.64. The van der Waals surface area contributed by atoms with Gasteiger partial charge in [0.15, 0.2) is 0 Å². The summed E-state index contributed by atoms with van der Waals surface area (Å²) < 4.78 is 19.7. The quantitative estimate of drug-likeness (QED) is 0.503. The van der Waals surface area contributed by atoms with E-state index in [4.69, 9.17) is 4.74 Å². The van der Waals surface area contributed by atoms with E-state index in [0.29, 0.717) is 6.54 Å². The highest BCUT2D eigenvalue weighted by Crippen LogP contribution is 2.33. The first-order valence-electron chi connectivity index (χ1n) is 10.4. The van der Waals surface area contributed by atoms with Gasteiger partial charge in [-0.25, -0.2) is 14.2 Å². The number of ether oxygens (including phenoxy) is 1. The number of aromatic nitrogens is 3. The molecule has 1 fully saturated rings. The monoisotopic (exact) mass is 446 g/mol. The summed E-state index contributed by atoms with van der Waals surface area (Å²) in [6, 6.07) is 17.0. The van der Waals surface area contributed by atoms with Gasteiger partial charge in [-0.15, -0.1) is 0 Å². The number of halogens is 1. The maximum atomic E-state index is 13.4. The van der Waals surface area contributed by atoms with Crippen LogP contribution in [0.15, 0.2) is 76.4 Å². The molecule has 2 N–H and O–H groups in total. The molecule has 4 aromatic rings. The number of rotatable bonds is 3. The van der Waals surface area contributed by atoms with Crippen LogP contribution in [-0.2, 0) is 4.74 Å². The van der Waals surface area contributed by atoms with Gasteiger partial charge in [0.05, 0.1) is 24.0 Å². The normalized spacial score (nSPS) is 18.4. The van der Waals surface area contributed by atoms with E-state index in [2.05, 4.69) is 15.0 Å². The van der Waals surface area contributed by atoms with Gasteiger partial charge in [0.1, 0.15) is 23.7 Å². The number of pyridine rings is 1. The summed E-state index contributed by atoms with van der Waals surface area (Å²) in [4.78, 5) is 47.3. The van der Waals surface area contributed by atoms with E-state index in [-0.39, 0.29) is 34.9 Å². The molecule has 2 aromatic carbocycles. The second-order valence-electron chi connectivity index (χ2n) is 7.81. The molecule has 8 nitrogen and oxygen atoms in total. The van der Waals surface area contributed by atoms with E-state index in [1.54, 1.807) is 17.0 Å². The van der Waals surface area contributed by atoms with Gasteiger partial charge in [0.25, 0.3) is 11.5 Å². The molecule has 0 bridgehead atoms. The van der Waals surface area contributed by atoms with Crippen LogP contribution in [0.1, 0.15) is 33.7 Å². The van der Waals surface area contributed by atoms with Gasteiger partial charge in [-0.2, -0.15) is 0 Å². The first-order valence-corrected chi connectivity index (χ1v) is 10.4. The molecular weight excluding hydrogens is 427 g/mol. The van der Waals surface area contributed by atoms with Crippen LogP contribution in [0.25, 0.3) is 11.0 Å². The Bertz CT molecular complexity index is 1430. The number of hydrogen-bond acceptors (Lipinski definition) is 5. The highest BCUT2D eigenvalue weighted by atomic mass is 19.1. The standard InChI is InChI=1S/C24H19FN4O4/c25-17-8-6-15(7-9-17)20-13-29(12-19(33-20)14-4-2-1-3-5-14)23(31)16-10-18-21(26-11-16)27-24(32)28-22(18)30/h1-11,19-20H,12-13H2,(H2,26,27,28,30,32). The van der Waals surface area contributed by atoms with Crippen LogP contribution < -0.4 is 11.2 Å². The molecule has 1 aliphatic rings. The van der Waals surface area contributed by atoms with Gasteiger partial charge < -0.3 is 9.64 Å². The van der Waals surface area contributed by atoms with Gasteiger partial charge in [0.2, 0.25) is 0 Å². The third-order valence-electron chi connectivity index (χ3n) is 5.64. The molecular formula is C24H19FN4O4. The second-order valence-corrected chi connectivity index (χ2v) is 7.81. The largest absolute Gasteiger partial charge is 0.362 e. The predicted octanol–water partition coefficient (Wildman–Crippen LogP) is 2.71. The van der Waals surface area contributed by atoms with E-state index in [9.17, 15) is 18.8 Å². The Morgan fingerprint density at radius 3 is 2.33 bits per heavy atom. The lowest BCUT2D eigenvalue weighted by Crippen LogP contribution is -2.43. The van der Waals surface area contributed by atoms with Crippen molar-refractivity contribution in [2.24, 2.45) is 0 Å². The molecule has 33 heavy (non-hydrogen) atoms. The number of nitrogens with zero attached hydrogens (tertiary/aromatic N) is 2. The van der Waals surface area contributed by atoms with Crippen molar-refractivity contribution in [1.82, 2.24) is 19.9 Å². The van der Waals surface area contributed by atoms with Crippen molar-refractivity contribution in [2.75, 3.05) is 13.1 Å². The summed E-state index contributed by atoms with van der Waals surface area (Å²) >= 11 is 0. The third kappa shape index (κ3) is 4.18. The lowest BCUT2D eigenvalue weighted by atomic mass is 10.0. The summed E-state index contributed by atoms with van der Waals surface area (Å²) in [5.41, 5.74) is 0.692. The van der Waals surface area contributed by atoms with Crippen molar-refractivity contribution < 1.29 is 13.9 Å². The number of fused-ring (bicyclic) bond motifs is 1. The number of nitrogens with one attached hydrogen (secondary N) is 2. The first kappa shape index (κ1) is 20.8. The number of hydrogen-bond donors (Lipinski definition) is 2. The van der Waals surface area contributed by atoms with Crippen molar-refractivity contribution in [3.05, 3.63) is 110 Å². The molecule has 0 aliphatic carbocycles. The SMILES string of the molecule is O=C(c1cnc2[nH]c(=O)[nH]c(=O)c2c1)N1CC(c2ccccc2)OC(c2ccc(F)cc2)C1. The molecule has 1 amide bonds. The van der Waals surface area contributed by atoms with Gasteiger partial charge in [-0.1, -0.05) is 42.5 Å². The fraction of sp³-hybridized carbons (Fsp3) is 0.167. The van der Waals surface area contributed by atoms with E-state index < -0.39 is 23.5 Å². The minimum Gasteiger partial charge on any atom is -0.362 e. The Morgan fingerprint density at radius 1 is 0.970 bits per heavy atom. The summed E-state index contributed by atoms with van der Waals surface area (Å²) in [7, 11) is 0. The fourth-order valence-electron chi connectivity index (χ4n) is 3.98. The maximum Gasteiger partial charge on any atom is 0.327 e. The maximum absolute atomic E-state index is 13.4. The Labute approximate surface area is 186 Å². The zero-order valence-corrected chi connectivity index (χ0v) is 17.3. The van der Waals surface area contributed by atoms with Gasteiger partial charge in [-0.3, -0.25) is 19.6 Å². The van der Waals surface area contributed by atoms with Crippen molar-refractivity contribution in [3.63, 3.8) is 0 Å². The molecule has 1 aliphatic heterocycles. The Kier molecular flexibility index (Phi) is 5.31. The van der Waals surface area contributed by atoms with Crippen LogP contribution in [0, 0.1) is 5.82 Å². The van der Waals surface area contributed by atoms with Gasteiger partial charge in [-0.05, 0) is 29.3 Å². The van der Waals surface area contributed by atoms with Crippen LogP contribution >= 0.6 is 0 Å². The van der Waals surface area contributed by atoms with E-state index in [0.717, 1.165) is 11.1 Å². The summed E-state index contributed by atoms with van der Waals surface area (Å²) in [6.07, 6.45) is 0.466. The number of benzene rings is 2. The van der Waals surface area contributed by atoms with Crippen LogP contribution in [0.3, 0.4) is 0 Å². The molecule has 0 spiro atoms. The topological polar surface area (TPSA) is 108 Å². The van der Waals surface area contributed by atoms with Gasteiger partial charge >= 0.3 is 5.69 Å². The Morgan fingerprint density at radius 2 is 1.64 bits per heavy atom. The lowest BCUT2D eigenvalue weighted by molar-refractivity contribution is -0.0797. The number of carbonyl (C=O) groups excluding carboxylic acids is 1. The smallest absolute Gasteiger partial charge is 0.327 e. The van der Waals surface area contributed by atoms with E-state index in [1.165, 1.54) is 24.4 Å². The Hall–Kier alpha value is -4.11. The van der Waals surface area contributed by atoms with Crippen LogP contribution in [0.5, 0.6) is 0 Å².